The lowest BCUT2D eigenvalue weighted by atomic mass is 10.1. The summed E-state index contributed by atoms with van der Waals surface area (Å²) >= 11 is 0. The molecule has 1 aromatic carbocycles. The summed E-state index contributed by atoms with van der Waals surface area (Å²) < 4.78 is 0. The molecule has 0 bridgehead atoms. The van der Waals surface area contributed by atoms with E-state index in [-0.39, 0.29) is 18.4 Å². The minimum Gasteiger partial charge on any atom is -0.391 e. The first kappa shape index (κ1) is 14.1. The van der Waals surface area contributed by atoms with Gasteiger partial charge in [-0.3, -0.25) is 9.59 Å². The predicted octanol–water partition coefficient (Wildman–Crippen LogP) is 0.498. The Bertz CT molecular complexity index is 571. The number of likely N-dealkylation sites (tertiary alicyclic amines) is 1. The van der Waals surface area contributed by atoms with Gasteiger partial charge in [-0.1, -0.05) is 6.07 Å². The number of aliphatic hydroxyl groups excluding tert-OH is 1. The van der Waals surface area contributed by atoms with E-state index in [0.29, 0.717) is 25.1 Å². The number of carbonyl (C=O) groups excluding carboxylic acids is 2. The number of β-amino-alcohol motifs (C(OH)–C–C–N with tert-alkyl or cyclic N) is 1. The first-order valence-electron chi connectivity index (χ1n) is 7.49. The molecule has 1 aromatic rings. The van der Waals surface area contributed by atoms with E-state index in [0.717, 1.165) is 19.3 Å². The van der Waals surface area contributed by atoms with Gasteiger partial charge in [0.05, 0.1) is 12.6 Å². The highest BCUT2D eigenvalue weighted by Crippen LogP contribution is 2.22. The number of nitrogens with zero attached hydrogens (tertiary/aromatic N) is 1. The van der Waals surface area contributed by atoms with Gasteiger partial charge in [0.2, 0.25) is 5.91 Å². The van der Waals surface area contributed by atoms with E-state index in [9.17, 15) is 14.7 Å². The first-order chi connectivity index (χ1) is 10.1. The van der Waals surface area contributed by atoms with E-state index < -0.39 is 6.10 Å². The number of nitrogens with one attached hydrogen (secondary N) is 1. The van der Waals surface area contributed by atoms with Crippen molar-refractivity contribution in [2.75, 3.05) is 19.6 Å². The maximum atomic E-state index is 12.1. The molecule has 1 aliphatic carbocycles. The summed E-state index contributed by atoms with van der Waals surface area (Å²) in [4.78, 5) is 25.6. The molecule has 1 fully saturated rings. The maximum absolute atomic E-state index is 12.1. The van der Waals surface area contributed by atoms with Crippen molar-refractivity contribution in [2.45, 2.75) is 31.8 Å². The number of hydrogen-bond donors (Lipinski definition) is 2. The monoisotopic (exact) mass is 288 g/mol. The normalized spacial score (nSPS) is 20.4. The number of amides is 2. The standard InChI is InChI=1S/C16H20N2O3/c19-14-6-7-18(10-14)15(20)9-17-16(21)13-5-4-11-2-1-3-12(11)8-13/h4-5,8,14,19H,1-3,6-7,9-10H2,(H,17,21)/t14-/m1/s1. The molecule has 5 heteroatoms. The fraction of sp³-hybridized carbons (Fsp3) is 0.500. The summed E-state index contributed by atoms with van der Waals surface area (Å²) in [6, 6.07) is 5.77. The summed E-state index contributed by atoms with van der Waals surface area (Å²) in [7, 11) is 0. The molecule has 0 aromatic heterocycles. The Hall–Kier alpha value is -1.88. The molecule has 1 heterocycles. The van der Waals surface area contributed by atoms with E-state index in [1.807, 2.05) is 18.2 Å². The minimum absolute atomic E-state index is 0.0113. The summed E-state index contributed by atoms with van der Waals surface area (Å²) in [5.74, 6) is -0.348. The van der Waals surface area contributed by atoms with Crippen molar-refractivity contribution >= 4 is 11.8 Å². The van der Waals surface area contributed by atoms with Crippen molar-refractivity contribution in [2.24, 2.45) is 0 Å². The van der Waals surface area contributed by atoms with Gasteiger partial charge in [-0.25, -0.2) is 0 Å². The number of aliphatic hydroxyl groups is 1. The Morgan fingerprint density at radius 2 is 2.10 bits per heavy atom. The first-order valence-corrected chi connectivity index (χ1v) is 7.49. The molecule has 2 amide bonds. The van der Waals surface area contributed by atoms with Gasteiger partial charge in [0.1, 0.15) is 0 Å². The van der Waals surface area contributed by atoms with Crippen molar-refractivity contribution in [1.82, 2.24) is 10.2 Å². The number of fused-ring (bicyclic) bond motifs is 1. The molecule has 1 aliphatic heterocycles. The largest absolute Gasteiger partial charge is 0.391 e. The fourth-order valence-corrected chi connectivity index (χ4v) is 3.05. The minimum atomic E-state index is -0.429. The number of hydrogen-bond acceptors (Lipinski definition) is 3. The Morgan fingerprint density at radius 1 is 1.29 bits per heavy atom. The van der Waals surface area contributed by atoms with Crippen LogP contribution in [0.2, 0.25) is 0 Å². The molecule has 2 N–H and O–H groups in total. The van der Waals surface area contributed by atoms with Crippen LogP contribution in [0.15, 0.2) is 18.2 Å². The third kappa shape index (κ3) is 3.08. The fourth-order valence-electron chi connectivity index (χ4n) is 3.05. The molecule has 1 saturated heterocycles. The van der Waals surface area contributed by atoms with Crippen LogP contribution in [-0.2, 0) is 17.6 Å². The highest BCUT2D eigenvalue weighted by molar-refractivity contribution is 5.96. The van der Waals surface area contributed by atoms with Gasteiger partial charge in [-0.15, -0.1) is 0 Å². The van der Waals surface area contributed by atoms with Gasteiger partial charge in [-0.05, 0) is 48.9 Å². The zero-order valence-corrected chi connectivity index (χ0v) is 12.0. The van der Waals surface area contributed by atoms with Crippen molar-refractivity contribution < 1.29 is 14.7 Å². The molecule has 1 atom stereocenters. The van der Waals surface area contributed by atoms with E-state index in [1.165, 1.54) is 11.1 Å². The molecular weight excluding hydrogens is 268 g/mol. The van der Waals surface area contributed by atoms with E-state index in [4.69, 9.17) is 0 Å². The van der Waals surface area contributed by atoms with Crippen molar-refractivity contribution in [3.8, 4) is 0 Å². The molecule has 2 aliphatic rings. The van der Waals surface area contributed by atoms with Crippen molar-refractivity contribution in [3.05, 3.63) is 34.9 Å². The van der Waals surface area contributed by atoms with E-state index in [2.05, 4.69) is 5.32 Å². The van der Waals surface area contributed by atoms with Gasteiger partial charge in [0.25, 0.3) is 5.91 Å². The highest BCUT2D eigenvalue weighted by atomic mass is 16.3. The van der Waals surface area contributed by atoms with Crippen LogP contribution >= 0.6 is 0 Å². The van der Waals surface area contributed by atoms with Crippen LogP contribution in [0.1, 0.15) is 34.3 Å². The van der Waals surface area contributed by atoms with Gasteiger partial charge in [0.15, 0.2) is 0 Å². The number of benzene rings is 1. The Labute approximate surface area is 123 Å². The van der Waals surface area contributed by atoms with Crippen LogP contribution < -0.4 is 5.32 Å². The van der Waals surface area contributed by atoms with Crippen LogP contribution in [0.25, 0.3) is 0 Å². The topological polar surface area (TPSA) is 69.6 Å². The lowest BCUT2D eigenvalue weighted by molar-refractivity contribution is -0.129. The van der Waals surface area contributed by atoms with Crippen LogP contribution in [0.5, 0.6) is 0 Å². The van der Waals surface area contributed by atoms with Crippen LogP contribution in [0, 0.1) is 0 Å². The quantitative estimate of drug-likeness (QED) is 0.851. The SMILES string of the molecule is O=C(NCC(=O)N1CC[C@@H](O)C1)c1ccc2c(c1)CCC2. The lowest BCUT2D eigenvalue weighted by Gasteiger charge is -2.15. The average molecular weight is 288 g/mol. The summed E-state index contributed by atoms with van der Waals surface area (Å²) in [6.07, 6.45) is 3.45. The molecule has 21 heavy (non-hydrogen) atoms. The molecule has 0 unspecified atom stereocenters. The van der Waals surface area contributed by atoms with Crippen LogP contribution in [-0.4, -0.2) is 47.6 Å². The second-order valence-corrected chi connectivity index (χ2v) is 5.80. The van der Waals surface area contributed by atoms with Gasteiger partial charge < -0.3 is 15.3 Å². The summed E-state index contributed by atoms with van der Waals surface area (Å²) in [5.41, 5.74) is 3.19. The predicted molar refractivity (Wildman–Crippen MR) is 78.0 cm³/mol. The van der Waals surface area contributed by atoms with Crippen LogP contribution in [0.4, 0.5) is 0 Å². The Kier molecular flexibility index (Phi) is 3.92. The molecule has 5 nitrogen and oxygen atoms in total. The summed E-state index contributed by atoms with van der Waals surface area (Å²) in [5, 5.41) is 12.1. The molecule has 0 spiro atoms. The number of rotatable bonds is 3. The van der Waals surface area contributed by atoms with Gasteiger partial charge >= 0.3 is 0 Å². The summed E-state index contributed by atoms with van der Waals surface area (Å²) in [6.45, 7) is 0.922. The third-order valence-corrected chi connectivity index (χ3v) is 4.28. The molecule has 0 radical (unpaired) electrons. The zero-order valence-electron chi connectivity index (χ0n) is 12.0. The molecule has 3 rings (SSSR count). The Balaban J connectivity index is 1.55. The maximum Gasteiger partial charge on any atom is 0.251 e. The van der Waals surface area contributed by atoms with Crippen molar-refractivity contribution in [3.63, 3.8) is 0 Å². The lowest BCUT2D eigenvalue weighted by Crippen LogP contribution is -2.39. The smallest absolute Gasteiger partial charge is 0.251 e. The van der Waals surface area contributed by atoms with Gasteiger partial charge in [-0.2, -0.15) is 0 Å². The number of aryl methyl sites for hydroxylation is 2. The number of carbonyl (C=O) groups is 2. The van der Waals surface area contributed by atoms with Gasteiger partial charge in [0, 0.05) is 18.7 Å². The Morgan fingerprint density at radius 3 is 2.86 bits per heavy atom. The molecular formula is C16H20N2O3. The third-order valence-electron chi connectivity index (χ3n) is 4.28. The van der Waals surface area contributed by atoms with Crippen LogP contribution in [0.3, 0.4) is 0 Å². The molecule has 0 saturated carbocycles. The highest BCUT2D eigenvalue weighted by Gasteiger charge is 2.24. The van der Waals surface area contributed by atoms with E-state index >= 15 is 0 Å². The van der Waals surface area contributed by atoms with Crippen molar-refractivity contribution in [1.29, 1.82) is 0 Å². The van der Waals surface area contributed by atoms with E-state index in [1.54, 1.807) is 4.90 Å². The second-order valence-electron chi connectivity index (χ2n) is 5.80. The molecule has 112 valence electrons. The average Bonchev–Trinajstić information content (AvgIpc) is 3.12. The second kappa shape index (κ2) is 5.85. The zero-order chi connectivity index (χ0) is 14.8.